The van der Waals surface area contributed by atoms with E-state index >= 15 is 0 Å². The molecule has 2 amide bonds. The number of aliphatic imine (C=N–C) groups is 2. The number of carbonyl (C=O) groups is 2. The third kappa shape index (κ3) is 5.67. The number of rotatable bonds is 8. The number of guanidine groups is 1. The van der Waals surface area contributed by atoms with E-state index in [4.69, 9.17) is 0 Å². The van der Waals surface area contributed by atoms with E-state index in [0.717, 1.165) is 24.2 Å². The van der Waals surface area contributed by atoms with Crippen LogP contribution >= 0.6 is 0 Å². The fourth-order valence-electron chi connectivity index (χ4n) is 3.73. The van der Waals surface area contributed by atoms with Crippen LogP contribution in [0.2, 0.25) is 0 Å². The molecular weight excluding hydrogens is 418 g/mol. The van der Waals surface area contributed by atoms with Gasteiger partial charge in [-0.1, -0.05) is 6.08 Å². The number of hydrogen-bond acceptors (Lipinski definition) is 7. The lowest BCUT2D eigenvalue weighted by atomic mass is 10.1. The molecule has 1 N–H and O–H groups in total. The van der Waals surface area contributed by atoms with E-state index in [2.05, 4.69) is 26.8 Å². The van der Waals surface area contributed by atoms with Gasteiger partial charge in [-0.2, -0.15) is 4.99 Å². The Morgan fingerprint density at radius 3 is 2.70 bits per heavy atom. The van der Waals surface area contributed by atoms with Crippen LogP contribution in [0.15, 0.2) is 52.6 Å². The molecule has 0 aromatic heterocycles. The van der Waals surface area contributed by atoms with E-state index < -0.39 is 0 Å². The normalized spacial score (nSPS) is 15.6. The maximum Gasteiger partial charge on any atom is 0.270 e. The fourth-order valence-corrected chi connectivity index (χ4v) is 3.73. The zero-order valence-electron chi connectivity index (χ0n) is 20.1. The van der Waals surface area contributed by atoms with Crippen LogP contribution in [-0.2, 0) is 4.79 Å². The monoisotopic (exact) mass is 451 g/mol. The molecular formula is C24H33N7O2. The lowest BCUT2D eigenvalue weighted by Gasteiger charge is -2.37. The Labute approximate surface area is 195 Å². The lowest BCUT2D eigenvalue weighted by molar-refractivity contribution is -0.137. The minimum atomic E-state index is -0.102. The summed E-state index contributed by atoms with van der Waals surface area (Å²) >= 11 is 0. The summed E-state index contributed by atoms with van der Waals surface area (Å²) in [5.74, 6) is 1.01. The quantitative estimate of drug-likeness (QED) is 0.614. The first-order chi connectivity index (χ1) is 15.7. The van der Waals surface area contributed by atoms with E-state index in [1.54, 1.807) is 34.2 Å². The Bertz CT molecular complexity index is 1030. The smallest absolute Gasteiger partial charge is 0.270 e. The van der Waals surface area contributed by atoms with Gasteiger partial charge in [-0.25, -0.2) is 10.0 Å². The highest BCUT2D eigenvalue weighted by Crippen LogP contribution is 2.22. The first kappa shape index (κ1) is 24.2. The van der Waals surface area contributed by atoms with Crippen molar-refractivity contribution >= 4 is 29.3 Å². The summed E-state index contributed by atoms with van der Waals surface area (Å²) in [5, 5.41) is 6.53. The summed E-state index contributed by atoms with van der Waals surface area (Å²) in [6, 6.07) is 5.58. The van der Waals surface area contributed by atoms with Gasteiger partial charge in [0.05, 0.1) is 6.54 Å². The first-order valence-corrected chi connectivity index (χ1v) is 11.0. The Kier molecular flexibility index (Phi) is 7.65. The van der Waals surface area contributed by atoms with Crippen LogP contribution in [0.3, 0.4) is 0 Å². The molecule has 2 aliphatic rings. The zero-order valence-corrected chi connectivity index (χ0v) is 20.1. The van der Waals surface area contributed by atoms with Gasteiger partial charge in [0.25, 0.3) is 11.8 Å². The standard InChI is InChI=1S/C24H33N7O2/c1-7-11-31-22(32)18-15-21(30(31)6)27-24(25-16-18)26-19-9-10-20(17(2)14-19)23(33)29(5)13-8-12-28(3)4/h7,9-10,14,16H,1,8,11-13,15H2,2-6H3,(H,25,26). The number of hydrogen-bond donors (Lipinski definition) is 1. The molecule has 1 fully saturated rings. The fraction of sp³-hybridized carbons (Fsp3) is 0.417. The highest BCUT2D eigenvalue weighted by molar-refractivity contribution is 6.11. The average Bonchev–Trinajstić information content (AvgIpc) is 2.96. The number of benzene rings is 1. The second kappa shape index (κ2) is 10.4. The average molecular weight is 452 g/mol. The first-order valence-electron chi connectivity index (χ1n) is 11.0. The maximum atomic E-state index is 12.9. The van der Waals surface area contributed by atoms with Gasteiger partial charge in [0.1, 0.15) is 5.84 Å². The highest BCUT2D eigenvalue weighted by Gasteiger charge is 2.32. The van der Waals surface area contributed by atoms with E-state index in [1.165, 1.54) is 0 Å². The molecule has 2 bridgehead atoms. The predicted octanol–water partition coefficient (Wildman–Crippen LogP) is 2.35. The minimum absolute atomic E-state index is 0.00540. The van der Waals surface area contributed by atoms with Crippen LogP contribution in [0.1, 0.15) is 28.8 Å². The summed E-state index contributed by atoms with van der Waals surface area (Å²) in [6.07, 6.45) is 4.59. The molecule has 176 valence electrons. The number of carbonyl (C=O) groups excluding carboxylic acids is 2. The van der Waals surface area contributed by atoms with Gasteiger partial charge in [0, 0.05) is 50.1 Å². The molecule has 0 spiro atoms. The maximum absolute atomic E-state index is 12.9. The molecule has 9 heteroatoms. The second-order valence-corrected chi connectivity index (χ2v) is 8.55. The Balaban J connectivity index is 1.73. The SMILES string of the molecule is C=CCN1C(=O)C2=CN=C(Nc3ccc(C(=O)N(C)CCCN(C)C)c(C)c3)N=C(C2)N1C. The number of aryl methyl sites for hydroxylation is 1. The van der Waals surface area contributed by atoms with Crippen molar-refractivity contribution in [1.29, 1.82) is 0 Å². The molecule has 33 heavy (non-hydrogen) atoms. The van der Waals surface area contributed by atoms with Crippen LogP contribution in [0.5, 0.6) is 0 Å². The number of anilines is 1. The van der Waals surface area contributed by atoms with Gasteiger partial charge in [-0.3, -0.25) is 14.6 Å². The summed E-state index contributed by atoms with van der Waals surface area (Å²) in [4.78, 5) is 38.4. The molecule has 3 rings (SSSR count). The third-order valence-electron chi connectivity index (χ3n) is 5.63. The summed E-state index contributed by atoms with van der Waals surface area (Å²) in [5.41, 5.74) is 2.90. The molecule has 2 heterocycles. The van der Waals surface area contributed by atoms with Crippen molar-refractivity contribution in [3.05, 3.63) is 53.8 Å². The predicted molar refractivity (Wildman–Crippen MR) is 132 cm³/mol. The van der Waals surface area contributed by atoms with Crippen LogP contribution in [0, 0.1) is 6.92 Å². The molecule has 0 saturated carbocycles. The van der Waals surface area contributed by atoms with Crippen LogP contribution < -0.4 is 5.32 Å². The third-order valence-corrected chi connectivity index (χ3v) is 5.63. The van der Waals surface area contributed by atoms with Gasteiger partial charge < -0.3 is 15.1 Å². The summed E-state index contributed by atoms with van der Waals surface area (Å²) in [6.45, 7) is 7.68. The Morgan fingerprint density at radius 1 is 1.27 bits per heavy atom. The largest absolute Gasteiger partial charge is 0.342 e. The number of nitrogens with one attached hydrogen (secondary N) is 1. The van der Waals surface area contributed by atoms with Gasteiger partial charge in [0.15, 0.2) is 0 Å². The second-order valence-electron chi connectivity index (χ2n) is 8.55. The number of amides is 2. The molecule has 0 atom stereocenters. The van der Waals surface area contributed by atoms with E-state index in [-0.39, 0.29) is 11.8 Å². The van der Waals surface area contributed by atoms with Gasteiger partial charge >= 0.3 is 0 Å². The molecule has 1 aromatic rings. The van der Waals surface area contributed by atoms with Gasteiger partial charge in [-0.05, 0) is 57.7 Å². The summed E-state index contributed by atoms with van der Waals surface area (Å²) < 4.78 is 0. The number of fused-ring (bicyclic) bond motifs is 2. The lowest BCUT2D eigenvalue weighted by Crippen LogP contribution is -2.52. The van der Waals surface area contributed by atoms with E-state index in [1.807, 2.05) is 46.3 Å². The molecule has 0 radical (unpaired) electrons. The number of nitrogens with zero attached hydrogens (tertiary/aromatic N) is 6. The van der Waals surface area contributed by atoms with E-state index in [0.29, 0.717) is 42.4 Å². The van der Waals surface area contributed by atoms with Crippen molar-refractivity contribution in [2.45, 2.75) is 19.8 Å². The van der Waals surface area contributed by atoms with Crippen molar-refractivity contribution in [2.24, 2.45) is 9.98 Å². The van der Waals surface area contributed by atoms with Crippen molar-refractivity contribution in [2.75, 3.05) is 53.1 Å². The van der Waals surface area contributed by atoms with Crippen LogP contribution in [0.4, 0.5) is 5.69 Å². The Morgan fingerprint density at radius 2 is 2.03 bits per heavy atom. The van der Waals surface area contributed by atoms with Crippen LogP contribution in [-0.4, -0.2) is 91.3 Å². The Hall–Kier alpha value is -3.46. The number of hydrazine groups is 1. The molecule has 0 aliphatic carbocycles. The van der Waals surface area contributed by atoms with Crippen molar-refractivity contribution < 1.29 is 9.59 Å². The minimum Gasteiger partial charge on any atom is -0.342 e. The highest BCUT2D eigenvalue weighted by atomic mass is 16.2. The topological polar surface area (TPSA) is 83.8 Å². The van der Waals surface area contributed by atoms with Crippen molar-refractivity contribution in [3.63, 3.8) is 0 Å². The van der Waals surface area contributed by atoms with E-state index in [9.17, 15) is 9.59 Å². The number of amidine groups is 1. The van der Waals surface area contributed by atoms with Crippen LogP contribution in [0.25, 0.3) is 0 Å². The molecule has 9 nitrogen and oxygen atoms in total. The van der Waals surface area contributed by atoms with Gasteiger partial charge in [-0.15, -0.1) is 6.58 Å². The van der Waals surface area contributed by atoms with Gasteiger partial charge in [0.2, 0.25) is 5.96 Å². The summed E-state index contributed by atoms with van der Waals surface area (Å²) in [7, 11) is 7.69. The molecule has 2 aliphatic heterocycles. The van der Waals surface area contributed by atoms with Crippen molar-refractivity contribution in [3.8, 4) is 0 Å². The molecule has 0 unspecified atom stereocenters. The molecule has 1 aromatic carbocycles. The van der Waals surface area contributed by atoms with Crippen molar-refractivity contribution in [1.82, 2.24) is 19.8 Å². The molecule has 1 saturated heterocycles. The zero-order chi connectivity index (χ0) is 24.1.